The third-order valence-corrected chi connectivity index (χ3v) is 3.35. The molecule has 1 unspecified atom stereocenters. The van der Waals surface area contributed by atoms with Crippen molar-refractivity contribution in [2.24, 2.45) is 5.73 Å². The second kappa shape index (κ2) is 4.12. The van der Waals surface area contributed by atoms with Gasteiger partial charge in [0.15, 0.2) is 5.82 Å². The fourth-order valence-electron chi connectivity index (χ4n) is 1.36. The zero-order chi connectivity index (χ0) is 10.8. The number of thiophene rings is 1. The number of nitrogens with zero attached hydrogens (tertiary/aromatic N) is 2. The van der Waals surface area contributed by atoms with E-state index in [4.69, 9.17) is 10.3 Å². The van der Waals surface area contributed by atoms with Crippen molar-refractivity contribution < 1.29 is 4.52 Å². The minimum Gasteiger partial charge on any atom is -0.339 e. The van der Waals surface area contributed by atoms with E-state index in [0.717, 1.165) is 11.3 Å². The minimum absolute atomic E-state index is 0.269. The van der Waals surface area contributed by atoms with Gasteiger partial charge in [-0.25, -0.2) is 0 Å². The molecule has 4 nitrogen and oxygen atoms in total. The van der Waals surface area contributed by atoms with Gasteiger partial charge in [0.1, 0.15) is 6.04 Å². The largest absolute Gasteiger partial charge is 0.339 e. The Balaban J connectivity index is 2.28. The Labute approximate surface area is 92.1 Å². The average molecular weight is 223 g/mol. The summed E-state index contributed by atoms with van der Waals surface area (Å²) in [4.78, 5) is 5.33. The topological polar surface area (TPSA) is 64.9 Å². The first-order valence-corrected chi connectivity index (χ1v) is 5.72. The maximum atomic E-state index is 6.06. The molecule has 0 spiro atoms. The summed E-state index contributed by atoms with van der Waals surface area (Å²) in [5.74, 6) is 1.20. The Hall–Kier alpha value is -1.20. The van der Waals surface area contributed by atoms with Crippen molar-refractivity contribution in [1.82, 2.24) is 10.1 Å². The maximum Gasteiger partial charge on any atom is 0.226 e. The van der Waals surface area contributed by atoms with Crippen LogP contribution >= 0.6 is 11.3 Å². The Morgan fingerprint density at radius 2 is 2.40 bits per heavy atom. The fourth-order valence-corrected chi connectivity index (χ4v) is 2.28. The minimum atomic E-state index is -0.269. The molecule has 2 aromatic heterocycles. The van der Waals surface area contributed by atoms with Crippen LogP contribution in [0.5, 0.6) is 0 Å². The maximum absolute atomic E-state index is 6.06. The molecule has 0 aliphatic rings. The molecule has 2 N–H and O–H groups in total. The first-order chi connectivity index (χ1) is 7.22. The predicted molar refractivity (Wildman–Crippen MR) is 58.8 cm³/mol. The Bertz CT molecular complexity index is 449. The van der Waals surface area contributed by atoms with Gasteiger partial charge < -0.3 is 10.3 Å². The Morgan fingerprint density at radius 3 is 2.93 bits per heavy atom. The van der Waals surface area contributed by atoms with E-state index in [0.29, 0.717) is 11.7 Å². The van der Waals surface area contributed by atoms with Crippen LogP contribution in [-0.2, 0) is 6.42 Å². The second-order valence-corrected chi connectivity index (χ2v) is 4.29. The highest BCUT2D eigenvalue weighted by atomic mass is 32.1. The van der Waals surface area contributed by atoms with Crippen LogP contribution in [0.2, 0.25) is 0 Å². The Morgan fingerprint density at radius 1 is 1.60 bits per heavy atom. The summed E-state index contributed by atoms with van der Waals surface area (Å²) < 4.78 is 5.04. The molecule has 2 rings (SSSR count). The lowest BCUT2D eigenvalue weighted by molar-refractivity contribution is 0.375. The third kappa shape index (κ3) is 1.93. The van der Waals surface area contributed by atoms with Gasteiger partial charge in [0.05, 0.1) is 0 Å². The molecule has 1 atom stereocenters. The first-order valence-electron chi connectivity index (χ1n) is 4.84. The lowest BCUT2D eigenvalue weighted by atomic mass is 10.2. The van der Waals surface area contributed by atoms with Gasteiger partial charge in [-0.1, -0.05) is 12.1 Å². The summed E-state index contributed by atoms with van der Waals surface area (Å²) in [6.45, 7) is 4.01. The number of hydrogen-bond acceptors (Lipinski definition) is 5. The van der Waals surface area contributed by atoms with Gasteiger partial charge in [0, 0.05) is 11.3 Å². The summed E-state index contributed by atoms with van der Waals surface area (Å²) in [6.07, 6.45) is 0.739. The van der Waals surface area contributed by atoms with E-state index in [1.54, 1.807) is 11.3 Å². The fraction of sp³-hybridized carbons (Fsp3) is 0.400. The van der Waals surface area contributed by atoms with Crippen molar-refractivity contribution in [2.45, 2.75) is 26.3 Å². The SMILES string of the molecule is CCc1nc(C(N)c2sccc2C)no1. The van der Waals surface area contributed by atoms with Gasteiger partial charge in [0.25, 0.3) is 0 Å². The normalized spacial score (nSPS) is 13.0. The van der Waals surface area contributed by atoms with Crippen molar-refractivity contribution >= 4 is 11.3 Å². The monoisotopic (exact) mass is 223 g/mol. The van der Waals surface area contributed by atoms with E-state index >= 15 is 0 Å². The summed E-state index contributed by atoms with van der Waals surface area (Å²) >= 11 is 1.62. The number of hydrogen-bond donors (Lipinski definition) is 1. The molecule has 5 heteroatoms. The van der Waals surface area contributed by atoms with E-state index in [2.05, 4.69) is 10.1 Å². The summed E-state index contributed by atoms with van der Waals surface area (Å²) in [5.41, 5.74) is 7.23. The van der Waals surface area contributed by atoms with Crippen LogP contribution in [0.3, 0.4) is 0 Å². The first kappa shape index (κ1) is 10.3. The zero-order valence-corrected chi connectivity index (χ0v) is 9.54. The highest BCUT2D eigenvalue weighted by molar-refractivity contribution is 7.10. The smallest absolute Gasteiger partial charge is 0.226 e. The van der Waals surface area contributed by atoms with E-state index in [-0.39, 0.29) is 6.04 Å². The van der Waals surface area contributed by atoms with E-state index in [1.165, 1.54) is 5.56 Å². The Kier molecular flexibility index (Phi) is 2.83. The van der Waals surface area contributed by atoms with Crippen LogP contribution < -0.4 is 5.73 Å². The van der Waals surface area contributed by atoms with Crippen molar-refractivity contribution in [3.8, 4) is 0 Å². The van der Waals surface area contributed by atoms with Gasteiger partial charge in [-0.05, 0) is 23.9 Å². The van der Waals surface area contributed by atoms with Crippen molar-refractivity contribution in [2.75, 3.05) is 0 Å². The van der Waals surface area contributed by atoms with Crippen molar-refractivity contribution in [3.05, 3.63) is 33.6 Å². The highest BCUT2D eigenvalue weighted by Gasteiger charge is 2.18. The van der Waals surface area contributed by atoms with Gasteiger partial charge in [0.2, 0.25) is 5.89 Å². The third-order valence-electron chi connectivity index (χ3n) is 2.25. The lowest BCUT2D eigenvalue weighted by Gasteiger charge is -2.04. The van der Waals surface area contributed by atoms with E-state index in [9.17, 15) is 0 Å². The molecule has 2 aromatic rings. The molecule has 0 bridgehead atoms. The molecule has 15 heavy (non-hydrogen) atoms. The average Bonchev–Trinajstić information content (AvgIpc) is 2.84. The molecule has 0 saturated carbocycles. The van der Waals surface area contributed by atoms with E-state index < -0.39 is 0 Å². The number of nitrogens with two attached hydrogens (primary N) is 1. The van der Waals surface area contributed by atoms with Crippen molar-refractivity contribution in [1.29, 1.82) is 0 Å². The van der Waals surface area contributed by atoms with Crippen molar-refractivity contribution in [3.63, 3.8) is 0 Å². The number of aryl methyl sites for hydroxylation is 2. The number of rotatable bonds is 3. The molecule has 0 saturated heterocycles. The zero-order valence-electron chi connectivity index (χ0n) is 8.73. The standard InChI is InChI=1S/C10H13N3OS/c1-3-7-12-10(13-14-7)8(11)9-6(2)4-5-15-9/h4-5,8H,3,11H2,1-2H3. The molecule has 0 aromatic carbocycles. The molecule has 0 amide bonds. The highest BCUT2D eigenvalue weighted by Crippen LogP contribution is 2.25. The summed E-state index contributed by atoms with van der Waals surface area (Å²) in [6, 6.07) is 1.77. The van der Waals surface area contributed by atoms with Crippen LogP contribution in [0, 0.1) is 6.92 Å². The molecule has 80 valence electrons. The van der Waals surface area contributed by atoms with Crippen LogP contribution in [0.15, 0.2) is 16.0 Å². The van der Waals surface area contributed by atoms with Crippen LogP contribution in [0.1, 0.15) is 35.1 Å². The van der Waals surface area contributed by atoms with Gasteiger partial charge in [-0.3, -0.25) is 0 Å². The van der Waals surface area contributed by atoms with Gasteiger partial charge >= 0.3 is 0 Å². The molecule has 0 radical (unpaired) electrons. The molecule has 0 aliphatic heterocycles. The van der Waals surface area contributed by atoms with Crippen LogP contribution in [-0.4, -0.2) is 10.1 Å². The molecular weight excluding hydrogens is 210 g/mol. The predicted octanol–water partition coefficient (Wildman–Crippen LogP) is 2.05. The van der Waals surface area contributed by atoms with Gasteiger partial charge in [-0.2, -0.15) is 4.98 Å². The molecule has 2 heterocycles. The quantitative estimate of drug-likeness (QED) is 0.864. The summed E-state index contributed by atoms with van der Waals surface area (Å²) in [5, 5.41) is 5.90. The molecular formula is C10H13N3OS. The molecule has 0 fully saturated rings. The van der Waals surface area contributed by atoms with Crippen LogP contribution in [0.4, 0.5) is 0 Å². The summed E-state index contributed by atoms with van der Waals surface area (Å²) in [7, 11) is 0. The molecule has 0 aliphatic carbocycles. The van der Waals surface area contributed by atoms with Gasteiger partial charge in [-0.15, -0.1) is 11.3 Å². The second-order valence-electron chi connectivity index (χ2n) is 3.35. The van der Waals surface area contributed by atoms with E-state index in [1.807, 2.05) is 25.3 Å². The lowest BCUT2D eigenvalue weighted by Crippen LogP contribution is -2.13. The number of aromatic nitrogens is 2. The van der Waals surface area contributed by atoms with Crippen LogP contribution in [0.25, 0.3) is 0 Å².